The van der Waals surface area contributed by atoms with Crippen LogP contribution in [0.15, 0.2) is 22.8 Å². The van der Waals surface area contributed by atoms with Gasteiger partial charge in [-0.15, -0.1) is 0 Å². The molecule has 1 fully saturated rings. The lowest BCUT2D eigenvalue weighted by molar-refractivity contribution is 0.283. The molecule has 0 bridgehead atoms. The molecular weight excluding hydrogens is 254 g/mol. The Kier molecular flexibility index (Phi) is 3.34. The highest BCUT2D eigenvalue weighted by atomic mass is 79.9. The average Bonchev–Trinajstić information content (AvgIpc) is 2.69. The second kappa shape index (κ2) is 4.73. The summed E-state index contributed by atoms with van der Waals surface area (Å²) in [6.45, 7) is 1.79. The van der Waals surface area contributed by atoms with Gasteiger partial charge >= 0.3 is 0 Å². The maximum atomic E-state index is 8.94. The Morgan fingerprint density at radius 3 is 3.13 bits per heavy atom. The van der Waals surface area contributed by atoms with Crippen LogP contribution in [0.2, 0.25) is 0 Å². The topological polar surface area (TPSA) is 39.9 Å². The molecule has 0 radical (unpaired) electrons. The van der Waals surface area contributed by atoms with E-state index in [9.17, 15) is 0 Å². The number of nitrogens with zero attached hydrogens (tertiary/aromatic N) is 3. The van der Waals surface area contributed by atoms with Crippen LogP contribution >= 0.6 is 15.9 Å². The summed E-state index contributed by atoms with van der Waals surface area (Å²) in [5, 5.41) is 8.94. The molecule has 1 aliphatic heterocycles. The zero-order valence-electron chi connectivity index (χ0n) is 8.36. The van der Waals surface area contributed by atoms with Gasteiger partial charge in [0, 0.05) is 17.2 Å². The first-order valence-corrected chi connectivity index (χ1v) is 5.83. The highest BCUT2D eigenvalue weighted by Crippen LogP contribution is 2.19. The first-order valence-electron chi connectivity index (χ1n) is 5.03. The predicted octanol–water partition coefficient (Wildman–Crippen LogP) is 2.33. The van der Waals surface area contributed by atoms with E-state index in [1.54, 1.807) is 6.20 Å². The molecule has 1 aliphatic rings. The molecule has 1 unspecified atom stereocenters. The van der Waals surface area contributed by atoms with Crippen molar-refractivity contribution in [3.63, 3.8) is 0 Å². The number of hydrogen-bond acceptors (Lipinski definition) is 3. The lowest BCUT2D eigenvalue weighted by Gasteiger charge is -2.18. The van der Waals surface area contributed by atoms with Gasteiger partial charge < -0.3 is 0 Å². The van der Waals surface area contributed by atoms with Crippen LogP contribution in [0.4, 0.5) is 0 Å². The lowest BCUT2D eigenvalue weighted by Crippen LogP contribution is -2.27. The summed E-state index contributed by atoms with van der Waals surface area (Å²) in [6.07, 6.45) is 3.91. The highest BCUT2D eigenvalue weighted by molar-refractivity contribution is 9.10. The normalized spacial score (nSPS) is 21.5. The van der Waals surface area contributed by atoms with Crippen molar-refractivity contribution in [1.82, 2.24) is 9.88 Å². The maximum absolute atomic E-state index is 8.94. The van der Waals surface area contributed by atoms with Crippen molar-refractivity contribution in [2.75, 3.05) is 6.54 Å². The van der Waals surface area contributed by atoms with Crippen LogP contribution in [0, 0.1) is 11.3 Å². The van der Waals surface area contributed by atoms with E-state index < -0.39 is 0 Å². The van der Waals surface area contributed by atoms with E-state index in [0.29, 0.717) is 0 Å². The third-order valence-corrected chi connectivity index (χ3v) is 3.14. The smallest absolute Gasteiger partial charge is 0.0981 e. The maximum Gasteiger partial charge on any atom is 0.0981 e. The van der Waals surface area contributed by atoms with E-state index in [4.69, 9.17) is 5.26 Å². The van der Waals surface area contributed by atoms with Crippen LogP contribution in [0.3, 0.4) is 0 Å². The molecule has 78 valence electrons. The number of hydrogen-bond donors (Lipinski definition) is 0. The first kappa shape index (κ1) is 10.6. The summed E-state index contributed by atoms with van der Waals surface area (Å²) < 4.78 is 0.990. The Balaban J connectivity index is 2.03. The highest BCUT2D eigenvalue weighted by Gasteiger charge is 2.24. The standard InChI is InChI=1S/C11H12BrN3/c12-9-3-4-10(14-7-9)8-15-5-1-2-11(15)6-13/h3-4,7,11H,1-2,5,8H2. The molecule has 1 aromatic rings. The Morgan fingerprint density at radius 1 is 1.60 bits per heavy atom. The number of pyridine rings is 1. The number of aromatic nitrogens is 1. The average molecular weight is 266 g/mol. The summed E-state index contributed by atoms with van der Waals surface area (Å²) in [6, 6.07) is 6.40. The van der Waals surface area contributed by atoms with E-state index in [1.165, 1.54) is 0 Å². The second-order valence-corrected chi connectivity index (χ2v) is 4.64. The monoisotopic (exact) mass is 265 g/mol. The number of nitriles is 1. The zero-order valence-corrected chi connectivity index (χ0v) is 9.94. The van der Waals surface area contributed by atoms with E-state index in [0.717, 1.165) is 36.1 Å². The van der Waals surface area contributed by atoms with E-state index >= 15 is 0 Å². The fraction of sp³-hybridized carbons (Fsp3) is 0.455. The molecule has 0 saturated carbocycles. The first-order chi connectivity index (χ1) is 7.29. The van der Waals surface area contributed by atoms with Gasteiger partial charge in [0.05, 0.1) is 17.8 Å². The second-order valence-electron chi connectivity index (χ2n) is 3.73. The van der Waals surface area contributed by atoms with Gasteiger partial charge in [-0.1, -0.05) is 0 Å². The molecule has 0 aromatic carbocycles. The molecular formula is C11H12BrN3. The Labute approximate surface area is 97.9 Å². The number of rotatable bonds is 2. The van der Waals surface area contributed by atoms with Crippen molar-refractivity contribution in [2.45, 2.75) is 25.4 Å². The van der Waals surface area contributed by atoms with E-state index in [2.05, 4.69) is 31.9 Å². The summed E-state index contributed by atoms with van der Waals surface area (Å²) in [5.74, 6) is 0. The van der Waals surface area contributed by atoms with Crippen molar-refractivity contribution in [3.05, 3.63) is 28.5 Å². The summed E-state index contributed by atoms with van der Waals surface area (Å²) >= 11 is 3.36. The number of likely N-dealkylation sites (tertiary alicyclic amines) is 1. The van der Waals surface area contributed by atoms with Crippen LogP contribution < -0.4 is 0 Å². The fourth-order valence-corrected chi connectivity index (χ4v) is 2.10. The van der Waals surface area contributed by atoms with E-state index in [-0.39, 0.29) is 6.04 Å². The Bertz CT molecular complexity index is 368. The van der Waals surface area contributed by atoms with Crippen molar-refractivity contribution in [1.29, 1.82) is 5.26 Å². The van der Waals surface area contributed by atoms with Crippen LogP contribution in [0.1, 0.15) is 18.5 Å². The Morgan fingerprint density at radius 2 is 2.47 bits per heavy atom. The van der Waals surface area contributed by atoms with Gasteiger partial charge in [0.2, 0.25) is 0 Å². The summed E-state index contributed by atoms with van der Waals surface area (Å²) in [7, 11) is 0. The van der Waals surface area contributed by atoms with Crippen molar-refractivity contribution < 1.29 is 0 Å². The predicted molar refractivity (Wildman–Crippen MR) is 61.0 cm³/mol. The molecule has 0 aliphatic carbocycles. The van der Waals surface area contributed by atoms with Crippen LogP contribution in [-0.4, -0.2) is 22.5 Å². The van der Waals surface area contributed by atoms with Gasteiger partial charge in [-0.05, 0) is 47.4 Å². The van der Waals surface area contributed by atoms with Crippen molar-refractivity contribution >= 4 is 15.9 Å². The summed E-state index contributed by atoms with van der Waals surface area (Å²) in [5.41, 5.74) is 1.03. The van der Waals surface area contributed by atoms with Gasteiger partial charge in [-0.2, -0.15) is 5.26 Å². The quantitative estimate of drug-likeness (QED) is 0.824. The molecule has 4 heteroatoms. The van der Waals surface area contributed by atoms with Crippen molar-refractivity contribution in [3.8, 4) is 6.07 Å². The SMILES string of the molecule is N#CC1CCCN1Cc1ccc(Br)cn1. The molecule has 1 saturated heterocycles. The number of halogens is 1. The van der Waals surface area contributed by atoms with Gasteiger partial charge in [0.15, 0.2) is 0 Å². The zero-order chi connectivity index (χ0) is 10.7. The largest absolute Gasteiger partial charge is 0.282 e. The molecule has 1 atom stereocenters. The molecule has 2 heterocycles. The van der Waals surface area contributed by atoms with Gasteiger partial charge in [-0.25, -0.2) is 0 Å². The van der Waals surface area contributed by atoms with Gasteiger partial charge in [0.25, 0.3) is 0 Å². The Hall–Kier alpha value is -0.920. The molecule has 3 nitrogen and oxygen atoms in total. The summed E-state index contributed by atoms with van der Waals surface area (Å²) in [4.78, 5) is 6.50. The minimum absolute atomic E-state index is 0.0791. The molecule has 1 aromatic heterocycles. The molecule has 15 heavy (non-hydrogen) atoms. The minimum Gasteiger partial charge on any atom is -0.282 e. The molecule has 2 rings (SSSR count). The van der Waals surface area contributed by atoms with Crippen LogP contribution in [-0.2, 0) is 6.54 Å². The molecule has 0 spiro atoms. The van der Waals surface area contributed by atoms with Gasteiger partial charge in [0.1, 0.15) is 0 Å². The van der Waals surface area contributed by atoms with Crippen molar-refractivity contribution in [2.24, 2.45) is 0 Å². The van der Waals surface area contributed by atoms with E-state index in [1.807, 2.05) is 12.1 Å². The lowest BCUT2D eigenvalue weighted by atomic mass is 10.2. The van der Waals surface area contributed by atoms with Crippen LogP contribution in [0.5, 0.6) is 0 Å². The fourth-order valence-electron chi connectivity index (χ4n) is 1.87. The molecule has 0 amide bonds. The minimum atomic E-state index is 0.0791. The third kappa shape index (κ3) is 2.55. The van der Waals surface area contributed by atoms with Crippen LogP contribution in [0.25, 0.3) is 0 Å². The van der Waals surface area contributed by atoms with Gasteiger partial charge in [-0.3, -0.25) is 9.88 Å². The third-order valence-electron chi connectivity index (χ3n) is 2.67. The molecule has 0 N–H and O–H groups in total.